The van der Waals surface area contributed by atoms with Crippen molar-refractivity contribution in [2.75, 3.05) is 18.0 Å². The summed E-state index contributed by atoms with van der Waals surface area (Å²) >= 11 is 0. The Morgan fingerprint density at radius 3 is 2.45 bits per heavy atom. The first-order valence-electron chi connectivity index (χ1n) is 11.8. The van der Waals surface area contributed by atoms with E-state index in [0.717, 1.165) is 62.9 Å². The fourth-order valence-electron chi connectivity index (χ4n) is 4.85. The van der Waals surface area contributed by atoms with Crippen LogP contribution in [-0.4, -0.2) is 42.2 Å². The Kier molecular flexibility index (Phi) is 7.78. The second-order valence-corrected chi connectivity index (χ2v) is 8.93. The Bertz CT molecular complexity index is 922. The first-order chi connectivity index (χ1) is 16.1. The van der Waals surface area contributed by atoms with Gasteiger partial charge in [0.1, 0.15) is 6.61 Å². The van der Waals surface area contributed by atoms with Crippen LogP contribution in [0.3, 0.4) is 0 Å². The van der Waals surface area contributed by atoms with Gasteiger partial charge in [0.15, 0.2) is 0 Å². The molecule has 0 unspecified atom stereocenters. The highest BCUT2D eigenvalue weighted by atomic mass is 16.6. The SMILES string of the molecule is O=C(N[C@@H]1CCCC[C@H]1N[C@H]1CCCN(c2ccc([N+](=O)[O-])cc2)C1)OCc1ccccc1. The van der Waals surface area contributed by atoms with Crippen LogP contribution in [0.2, 0.25) is 0 Å². The molecule has 1 saturated heterocycles. The molecule has 33 heavy (non-hydrogen) atoms. The summed E-state index contributed by atoms with van der Waals surface area (Å²) in [6, 6.07) is 17.0. The number of nitro benzene ring substituents is 1. The van der Waals surface area contributed by atoms with Crippen LogP contribution in [0.4, 0.5) is 16.2 Å². The molecule has 176 valence electrons. The number of nitrogens with zero attached hydrogens (tertiary/aromatic N) is 2. The summed E-state index contributed by atoms with van der Waals surface area (Å²) in [4.78, 5) is 25.3. The molecule has 1 aliphatic carbocycles. The number of nitrogens with one attached hydrogen (secondary N) is 2. The Balaban J connectivity index is 1.30. The molecule has 2 aromatic carbocycles. The van der Waals surface area contributed by atoms with E-state index in [2.05, 4.69) is 15.5 Å². The van der Waals surface area contributed by atoms with Crippen LogP contribution in [0.25, 0.3) is 0 Å². The van der Waals surface area contributed by atoms with Crippen LogP contribution in [0, 0.1) is 10.1 Å². The Morgan fingerprint density at radius 2 is 1.73 bits per heavy atom. The van der Waals surface area contributed by atoms with Crippen molar-refractivity contribution in [1.29, 1.82) is 0 Å². The molecule has 2 fully saturated rings. The minimum atomic E-state index is -0.370. The second-order valence-electron chi connectivity index (χ2n) is 8.93. The molecule has 8 heteroatoms. The van der Waals surface area contributed by atoms with Crippen molar-refractivity contribution in [2.45, 2.75) is 63.3 Å². The summed E-state index contributed by atoms with van der Waals surface area (Å²) in [5, 5.41) is 17.8. The van der Waals surface area contributed by atoms with Gasteiger partial charge in [-0.15, -0.1) is 0 Å². The summed E-state index contributed by atoms with van der Waals surface area (Å²) in [7, 11) is 0. The molecular weight excluding hydrogens is 420 g/mol. The van der Waals surface area contributed by atoms with E-state index in [9.17, 15) is 14.9 Å². The van der Waals surface area contributed by atoms with E-state index in [1.807, 2.05) is 42.5 Å². The molecule has 1 aliphatic heterocycles. The second kappa shape index (κ2) is 11.1. The molecule has 0 spiro atoms. The topological polar surface area (TPSA) is 96.7 Å². The number of piperidine rings is 1. The fourth-order valence-corrected chi connectivity index (χ4v) is 4.85. The number of anilines is 1. The van der Waals surface area contributed by atoms with Crippen molar-refractivity contribution in [2.24, 2.45) is 0 Å². The summed E-state index contributed by atoms with van der Waals surface area (Å²) < 4.78 is 5.44. The maximum Gasteiger partial charge on any atom is 0.407 e. The van der Waals surface area contributed by atoms with Gasteiger partial charge in [0.25, 0.3) is 5.69 Å². The molecule has 2 N–H and O–H groups in total. The van der Waals surface area contributed by atoms with Crippen molar-refractivity contribution in [3.05, 3.63) is 70.3 Å². The van der Waals surface area contributed by atoms with Gasteiger partial charge < -0.3 is 20.3 Å². The maximum absolute atomic E-state index is 12.4. The van der Waals surface area contributed by atoms with Crippen molar-refractivity contribution in [1.82, 2.24) is 10.6 Å². The fraction of sp³-hybridized carbons (Fsp3) is 0.480. The number of carbonyl (C=O) groups is 1. The van der Waals surface area contributed by atoms with Crippen molar-refractivity contribution in [3.8, 4) is 0 Å². The van der Waals surface area contributed by atoms with E-state index in [0.29, 0.717) is 6.04 Å². The minimum Gasteiger partial charge on any atom is -0.445 e. The average molecular weight is 453 g/mol. The quantitative estimate of drug-likeness (QED) is 0.478. The number of non-ortho nitro benzene ring substituents is 1. The highest BCUT2D eigenvalue weighted by Crippen LogP contribution is 2.25. The van der Waals surface area contributed by atoms with Gasteiger partial charge in [-0.1, -0.05) is 43.2 Å². The zero-order valence-corrected chi connectivity index (χ0v) is 18.8. The van der Waals surface area contributed by atoms with Crippen LogP contribution in [0.15, 0.2) is 54.6 Å². The van der Waals surface area contributed by atoms with Gasteiger partial charge in [-0.3, -0.25) is 10.1 Å². The predicted octanol–water partition coefficient (Wildman–Crippen LogP) is 4.39. The Morgan fingerprint density at radius 1 is 1.00 bits per heavy atom. The van der Waals surface area contributed by atoms with Crippen LogP contribution in [0.5, 0.6) is 0 Å². The number of nitro groups is 1. The number of ether oxygens (including phenoxy) is 1. The highest BCUT2D eigenvalue weighted by Gasteiger charge is 2.30. The third kappa shape index (κ3) is 6.44. The van der Waals surface area contributed by atoms with E-state index < -0.39 is 0 Å². The molecule has 1 saturated carbocycles. The van der Waals surface area contributed by atoms with E-state index >= 15 is 0 Å². The summed E-state index contributed by atoms with van der Waals surface area (Å²) in [5.74, 6) is 0. The van der Waals surface area contributed by atoms with Crippen LogP contribution < -0.4 is 15.5 Å². The smallest absolute Gasteiger partial charge is 0.407 e. The van der Waals surface area contributed by atoms with E-state index in [-0.39, 0.29) is 35.4 Å². The van der Waals surface area contributed by atoms with E-state index in [4.69, 9.17) is 4.74 Å². The Hall–Kier alpha value is -3.13. The van der Waals surface area contributed by atoms with Gasteiger partial charge in [0, 0.05) is 49.0 Å². The largest absolute Gasteiger partial charge is 0.445 e. The summed E-state index contributed by atoms with van der Waals surface area (Å²) in [6.45, 7) is 2.05. The van der Waals surface area contributed by atoms with E-state index in [1.54, 1.807) is 12.1 Å². The molecular formula is C25H32N4O4. The molecule has 2 aromatic rings. The number of hydrogen-bond acceptors (Lipinski definition) is 6. The van der Waals surface area contributed by atoms with Crippen LogP contribution >= 0.6 is 0 Å². The molecule has 3 atom stereocenters. The lowest BCUT2D eigenvalue weighted by molar-refractivity contribution is -0.384. The number of benzene rings is 2. The standard InChI is InChI=1S/C25H32N4O4/c30-25(33-18-19-7-2-1-3-8-19)27-24-11-5-4-10-23(24)26-20-9-6-16-28(17-20)21-12-14-22(15-13-21)29(31)32/h1-3,7-8,12-15,20,23-24,26H,4-6,9-11,16-18H2,(H,27,30)/t20-,23+,24+/m0/s1. The lowest BCUT2D eigenvalue weighted by Gasteiger charge is -2.40. The minimum absolute atomic E-state index is 0.0526. The van der Waals surface area contributed by atoms with Gasteiger partial charge in [0.2, 0.25) is 0 Å². The molecule has 0 bridgehead atoms. The van der Waals surface area contributed by atoms with Gasteiger partial charge in [-0.25, -0.2) is 4.79 Å². The molecule has 0 aromatic heterocycles. The van der Waals surface area contributed by atoms with Crippen molar-refractivity contribution in [3.63, 3.8) is 0 Å². The molecule has 2 aliphatic rings. The van der Waals surface area contributed by atoms with Gasteiger partial charge >= 0.3 is 6.09 Å². The third-order valence-corrected chi connectivity index (χ3v) is 6.58. The molecule has 1 amide bonds. The number of hydrogen-bond donors (Lipinski definition) is 2. The van der Waals surface area contributed by atoms with E-state index in [1.165, 1.54) is 0 Å². The molecule has 4 rings (SSSR count). The zero-order chi connectivity index (χ0) is 23.0. The number of carbonyl (C=O) groups excluding carboxylic acids is 1. The highest BCUT2D eigenvalue weighted by molar-refractivity contribution is 5.67. The molecule has 0 radical (unpaired) electrons. The number of amides is 1. The first-order valence-corrected chi connectivity index (χ1v) is 11.8. The maximum atomic E-state index is 12.4. The lowest BCUT2D eigenvalue weighted by Crippen LogP contribution is -2.57. The summed E-state index contributed by atoms with van der Waals surface area (Å²) in [6.07, 6.45) is 5.97. The number of rotatable bonds is 7. The first kappa shape index (κ1) is 23.0. The van der Waals surface area contributed by atoms with Gasteiger partial charge in [-0.2, -0.15) is 0 Å². The number of alkyl carbamates (subject to hydrolysis) is 1. The van der Waals surface area contributed by atoms with Crippen LogP contribution in [-0.2, 0) is 11.3 Å². The average Bonchev–Trinajstić information content (AvgIpc) is 2.85. The lowest BCUT2D eigenvalue weighted by atomic mass is 9.89. The summed E-state index contributed by atoms with van der Waals surface area (Å²) in [5.41, 5.74) is 2.09. The Labute approximate surface area is 194 Å². The zero-order valence-electron chi connectivity index (χ0n) is 18.8. The monoisotopic (exact) mass is 452 g/mol. The third-order valence-electron chi connectivity index (χ3n) is 6.58. The van der Waals surface area contributed by atoms with Crippen molar-refractivity contribution < 1.29 is 14.5 Å². The van der Waals surface area contributed by atoms with Gasteiger partial charge in [-0.05, 0) is 43.4 Å². The predicted molar refractivity (Wildman–Crippen MR) is 127 cm³/mol. The molecule has 8 nitrogen and oxygen atoms in total. The van der Waals surface area contributed by atoms with Crippen LogP contribution in [0.1, 0.15) is 44.1 Å². The van der Waals surface area contributed by atoms with Crippen molar-refractivity contribution >= 4 is 17.5 Å². The van der Waals surface area contributed by atoms with Gasteiger partial charge in [0.05, 0.1) is 4.92 Å². The normalized spacial score (nSPS) is 23.0. The molecule has 1 heterocycles.